The average molecular weight is 493 g/mol. The van der Waals surface area contributed by atoms with Crippen LogP contribution in [0.1, 0.15) is 67.2 Å². The van der Waals surface area contributed by atoms with Gasteiger partial charge in [0.1, 0.15) is 12.2 Å². The molecular formula is C27H44O6Si. The summed E-state index contributed by atoms with van der Waals surface area (Å²) in [5.41, 5.74) is 0.765. The van der Waals surface area contributed by atoms with Crippen LogP contribution in [0, 0.1) is 10.8 Å². The molecule has 0 aromatic rings. The molecule has 1 spiro atoms. The molecule has 1 N–H and O–H groups in total. The summed E-state index contributed by atoms with van der Waals surface area (Å²) in [4.78, 5) is 12.8. The number of esters is 1. The number of aliphatic hydroxyl groups is 1. The van der Waals surface area contributed by atoms with Crippen LogP contribution in [0.2, 0.25) is 18.1 Å². The quantitative estimate of drug-likeness (QED) is 0.179. The molecule has 6 nitrogen and oxygen atoms in total. The zero-order chi connectivity index (χ0) is 25.2. The van der Waals surface area contributed by atoms with E-state index >= 15 is 0 Å². The number of epoxide rings is 1. The minimum absolute atomic E-state index is 0.105. The first kappa shape index (κ1) is 26.1. The van der Waals surface area contributed by atoms with Gasteiger partial charge in [-0.3, -0.25) is 0 Å². The molecule has 2 aliphatic carbocycles. The Bertz CT molecular complexity index is 882. The average Bonchev–Trinajstić information content (AvgIpc) is 3.50. The summed E-state index contributed by atoms with van der Waals surface area (Å²) in [5, 5.41) is 11.4. The van der Waals surface area contributed by atoms with Gasteiger partial charge in [0.15, 0.2) is 8.32 Å². The summed E-state index contributed by atoms with van der Waals surface area (Å²) in [6.07, 6.45) is 5.93. The van der Waals surface area contributed by atoms with Crippen molar-refractivity contribution in [2.45, 2.75) is 109 Å². The number of hydrogen-bond donors (Lipinski definition) is 1. The summed E-state index contributed by atoms with van der Waals surface area (Å²) in [5.74, 6) is -0.340. The molecule has 192 valence electrons. The Balaban J connectivity index is 1.44. The van der Waals surface area contributed by atoms with Gasteiger partial charge in [-0.2, -0.15) is 0 Å². The van der Waals surface area contributed by atoms with Crippen LogP contribution >= 0.6 is 0 Å². The molecule has 2 bridgehead atoms. The van der Waals surface area contributed by atoms with E-state index in [9.17, 15) is 9.90 Å². The first-order chi connectivity index (χ1) is 15.7. The van der Waals surface area contributed by atoms with Crippen molar-refractivity contribution in [1.82, 2.24) is 0 Å². The van der Waals surface area contributed by atoms with E-state index in [4.69, 9.17) is 18.6 Å². The molecule has 0 aromatic carbocycles. The Hall–Kier alpha value is -0.993. The molecule has 0 radical (unpaired) electrons. The SMILES string of the molecule is CC1=C[C@H]2O[C@@H]3C[C@@H](O)C(C)(C34CO4)[C@@]2(COC(=O)/C=C(/C)CCO[Si](C)(C)C(C)(C)C)CC1. The summed E-state index contributed by atoms with van der Waals surface area (Å²) in [6.45, 7) is 18.8. The van der Waals surface area contributed by atoms with Crippen molar-refractivity contribution in [2.75, 3.05) is 19.8 Å². The highest BCUT2D eigenvalue weighted by Gasteiger charge is 2.81. The van der Waals surface area contributed by atoms with Crippen molar-refractivity contribution in [3.05, 3.63) is 23.3 Å². The Labute approximate surface area is 206 Å². The van der Waals surface area contributed by atoms with E-state index in [2.05, 4.69) is 53.8 Å². The topological polar surface area (TPSA) is 77.5 Å². The van der Waals surface area contributed by atoms with Crippen LogP contribution in [-0.4, -0.2) is 63.1 Å². The lowest BCUT2D eigenvalue weighted by Gasteiger charge is -2.58. The second-order valence-corrected chi connectivity index (χ2v) is 17.6. The van der Waals surface area contributed by atoms with Gasteiger partial charge in [-0.05, 0) is 51.2 Å². The zero-order valence-electron chi connectivity index (χ0n) is 22.3. The normalized spacial score (nSPS) is 39.6. The third-order valence-electron chi connectivity index (χ3n) is 9.85. The van der Waals surface area contributed by atoms with Crippen LogP contribution < -0.4 is 0 Å². The van der Waals surface area contributed by atoms with Crippen molar-refractivity contribution in [3.8, 4) is 0 Å². The zero-order valence-corrected chi connectivity index (χ0v) is 23.3. The van der Waals surface area contributed by atoms with Gasteiger partial charge in [-0.1, -0.05) is 44.9 Å². The first-order valence-corrected chi connectivity index (χ1v) is 15.7. The second kappa shape index (κ2) is 8.55. The summed E-state index contributed by atoms with van der Waals surface area (Å²) >= 11 is 0. The van der Waals surface area contributed by atoms with Crippen molar-refractivity contribution in [1.29, 1.82) is 0 Å². The predicted octanol–water partition coefficient (Wildman–Crippen LogP) is 4.92. The van der Waals surface area contributed by atoms with E-state index < -0.39 is 30.9 Å². The van der Waals surface area contributed by atoms with Crippen molar-refractivity contribution in [3.63, 3.8) is 0 Å². The number of fused-ring (bicyclic) bond motifs is 2. The fourth-order valence-corrected chi connectivity index (χ4v) is 7.24. The van der Waals surface area contributed by atoms with Gasteiger partial charge in [0.25, 0.3) is 0 Å². The third kappa shape index (κ3) is 3.96. The Morgan fingerprint density at radius 2 is 2.03 bits per heavy atom. The number of aliphatic hydroxyl groups excluding tert-OH is 1. The highest BCUT2D eigenvalue weighted by Crippen LogP contribution is 2.71. The van der Waals surface area contributed by atoms with Crippen molar-refractivity contribution in [2.24, 2.45) is 10.8 Å². The van der Waals surface area contributed by atoms with Crippen molar-refractivity contribution < 1.29 is 28.5 Å². The monoisotopic (exact) mass is 492 g/mol. The van der Waals surface area contributed by atoms with Crippen LogP contribution in [0.15, 0.2) is 23.3 Å². The lowest BCUT2D eigenvalue weighted by atomic mass is 9.51. The standard InChI is InChI=1S/C27H44O6Si/c1-18-9-11-26(21(13-18)33-22-15-20(28)25(26,6)27(22)17-31-27)16-30-23(29)14-19(2)10-12-32-34(7,8)24(3,4)5/h13-14,20-22,28H,9-12,15-17H2,1-8H3/b19-14-/t20-,21-,22-,25?,26-,27?/m1/s1. The molecule has 2 saturated heterocycles. The molecule has 2 unspecified atom stereocenters. The summed E-state index contributed by atoms with van der Waals surface area (Å²) in [7, 11) is -1.80. The molecule has 34 heavy (non-hydrogen) atoms. The lowest BCUT2D eigenvalue weighted by Crippen LogP contribution is -2.66. The van der Waals surface area contributed by atoms with Gasteiger partial charge in [-0.15, -0.1) is 0 Å². The van der Waals surface area contributed by atoms with Crippen LogP contribution in [0.5, 0.6) is 0 Å². The number of hydrogen-bond acceptors (Lipinski definition) is 6. The Morgan fingerprint density at radius 3 is 2.65 bits per heavy atom. The van der Waals surface area contributed by atoms with E-state index in [0.29, 0.717) is 26.1 Å². The van der Waals surface area contributed by atoms with E-state index in [1.807, 2.05) is 6.92 Å². The fraction of sp³-hybridized carbons (Fsp3) is 0.815. The molecule has 6 atom stereocenters. The van der Waals surface area contributed by atoms with E-state index in [0.717, 1.165) is 18.4 Å². The van der Waals surface area contributed by atoms with Gasteiger partial charge in [0.2, 0.25) is 0 Å². The van der Waals surface area contributed by atoms with Crippen LogP contribution in [-0.2, 0) is 23.4 Å². The van der Waals surface area contributed by atoms with E-state index in [1.54, 1.807) is 6.08 Å². The van der Waals surface area contributed by atoms with Gasteiger partial charge in [0.05, 0.1) is 24.9 Å². The third-order valence-corrected chi connectivity index (χ3v) is 14.4. The predicted molar refractivity (Wildman–Crippen MR) is 134 cm³/mol. The molecule has 2 aliphatic heterocycles. The maximum absolute atomic E-state index is 12.8. The van der Waals surface area contributed by atoms with Crippen LogP contribution in [0.25, 0.3) is 0 Å². The van der Waals surface area contributed by atoms with Gasteiger partial charge in [0, 0.05) is 29.9 Å². The first-order valence-electron chi connectivity index (χ1n) is 12.8. The molecule has 1 saturated carbocycles. The van der Waals surface area contributed by atoms with Crippen LogP contribution in [0.4, 0.5) is 0 Å². The Morgan fingerprint density at radius 1 is 1.35 bits per heavy atom. The van der Waals surface area contributed by atoms with Crippen LogP contribution in [0.3, 0.4) is 0 Å². The highest BCUT2D eigenvalue weighted by atomic mass is 28.4. The molecular weight excluding hydrogens is 448 g/mol. The van der Waals surface area contributed by atoms with Gasteiger partial charge < -0.3 is 23.7 Å². The maximum atomic E-state index is 12.8. The molecule has 4 aliphatic rings. The van der Waals surface area contributed by atoms with E-state index in [1.165, 1.54) is 5.57 Å². The van der Waals surface area contributed by atoms with Gasteiger partial charge in [-0.25, -0.2) is 4.79 Å². The number of carbonyl (C=O) groups is 1. The Kier molecular flexibility index (Phi) is 6.56. The minimum atomic E-state index is -1.80. The molecule has 7 heteroatoms. The molecule has 0 aromatic heterocycles. The second-order valence-electron chi connectivity index (χ2n) is 12.8. The minimum Gasteiger partial charge on any atom is -0.462 e. The number of ether oxygens (including phenoxy) is 3. The summed E-state index contributed by atoms with van der Waals surface area (Å²) in [6, 6.07) is 0. The lowest BCUT2D eigenvalue weighted by molar-refractivity contribution is -0.229. The van der Waals surface area contributed by atoms with Crippen molar-refractivity contribution >= 4 is 14.3 Å². The molecule has 4 rings (SSSR count). The molecule has 0 amide bonds. The number of allylic oxidation sites excluding steroid dienone is 1. The number of carbonyl (C=O) groups excluding carboxylic acids is 1. The largest absolute Gasteiger partial charge is 0.462 e. The molecule has 3 fully saturated rings. The van der Waals surface area contributed by atoms with Gasteiger partial charge >= 0.3 is 5.97 Å². The smallest absolute Gasteiger partial charge is 0.330 e. The maximum Gasteiger partial charge on any atom is 0.330 e. The summed E-state index contributed by atoms with van der Waals surface area (Å²) < 4.78 is 24.7. The fourth-order valence-electron chi connectivity index (χ4n) is 6.20. The van der Waals surface area contributed by atoms with E-state index in [-0.39, 0.29) is 29.8 Å². The highest BCUT2D eigenvalue weighted by molar-refractivity contribution is 6.74. The molecule has 2 heterocycles. The number of rotatable bonds is 7.